The van der Waals surface area contributed by atoms with Gasteiger partial charge in [-0.2, -0.15) is 0 Å². The number of rotatable bonds is 11. The van der Waals surface area contributed by atoms with E-state index < -0.39 is 0 Å². The summed E-state index contributed by atoms with van der Waals surface area (Å²) in [5, 5.41) is 16.3. The summed E-state index contributed by atoms with van der Waals surface area (Å²) in [6.07, 6.45) is 5.46. The first kappa shape index (κ1) is 21.9. The van der Waals surface area contributed by atoms with Gasteiger partial charge in [0.05, 0.1) is 12.8 Å². The van der Waals surface area contributed by atoms with Crippen LogP contribution in [-0.2, 0) is 4.74 Å². The number of amides is 2. The molecule has 27 heavy (non-hydrogen) atoms. The number of methoxy groups -OCH3 is 2. The van der Waals surface area contributed by atoms with Crippen molar-refractivity contribution in [1.82, 2.24) is 16.0 Å². The molecule has 0 aromatic heterocycles. The summed E-state index contributed by atoms with van der Waals surface area (Å²) < 4.78 is 10.1. The van der Waals surface area contributed by atoms with Gasteiger partial charge in [0.25, 0.3) is 0 Å². The number of benzene rings is 1. The molecule has 0 aliphatic rings. The molecule has 0 radical (unpaired) electrons. The first-order chi connectivity index (χ1) is 13.1. The molecule has 0 bridgehead atoms. The molecule has 0 unspecified atom stereocenters. The number of carbonyl (C=O) groups is 1. The predicted molar refractivity (Wildman–Crippen MR) is 108 cm³/mol. The van der Waals surface area contributed by atoms with Crippen LogP contribution in [0.5, 0.6) is 5.75 Å². The Morgan fingerprint density at radius 2 is 2.11 bits per heavy atom. The maximum absolute atomic E-state index is 11.6. The number of ether oxygens (including phenoxy) is 2. The van der Waals surface area contributed by atoms with Gasteiger partial charge in [-0.1, -0.05) is 18.7 Å². The van der Waals surface area contributed by atoms with Crippen LogP contribution < -0.4 is 20.7 Å². The fraction of sp³-hybridized carbons (Fsp3) is 0.316. The molecule has 1 aromatic carbocycles. The number of nitrogens with one attached hydrogen (secondary N) is 4. The monoisotopic (exact) mass is 373 g/mol. The second kappa shape index (κ2) is 13.1. The van der Waals surface area contributed by atoms with Gasteiger partial charge in [0.2, 0.25) is 0 Å². The van der Waals surface area contributed by atoms with Gasteiger partial charge in [0.15, 0.2) is 0 Å². The van der Waals surface area contributed by atoms with Crippen molar-refractivity contribution in [2.24, 2.45) is 4.99 Å². The first-order valence-corrected chi connectivity index (χ1v) is 8.44. The fourth-order valence-corrected chi connectivity index (χ4v) is 1.98. The largest absolute Gasteiger partial charge is 0.497 e. The van der Waals surface area contributed by atoms with E-state index in [-0.39, 0.29) is 12.7 Å². The van der Waals surface area contributed by atoms with E-state index in [1.165, 1.54) is 6.20 Å². The minimum absolute atomic E-state index is 0.0864. The first-order valence-electron chi connectivity index (χ1n) is 8.44. The number of urea groups is 1. The van der Waals surface area contributed by atoms with Crippen LogP contribution in [0.3, 0.4) is 0 Å². The summed E-state index contributed by atoms with van der Waals surface area (Å²) >= 11 is 0. The van der Waals surface area contributed by atoms with Crippen LogP contribution in [0, 0.1) is 5.41 Å². The Morgan fingerprint density at radius 3 is 2.81 bits per heavy atom. The second-order valence-electron chi connectivity index (χ2n) is 5.31. The van der Waals surface area contributed by atoms with Crippen LogP contribution in [0.1, 0.15) is 12.0 Å². The molecule has 146 valence electrons. The van der Waals surface area contributed by atoms with E-state index in [9.17, 15) is 4.79 Å². The Hall–Kier alpha value is -3.13. The van der Waals surface area contributed by atoms with E-state index in [4.69, 9.17) is 14.9 Å². The van der Waals surface area contributed by atoms with Gasteiger partial charge in [-0.25, -0.2) is 9.79 Å². The van der Waals surface area contributed by atoms with E-state index >= 15 is 0 Å². The highest BCUT2D eigenvalue weighted by molar-refractivity contribution is 6.10. The normalized spacial score (nSPS) is 11.1. The Bertz CT molecular complexity index is 686. The molecule has 1 aromatic rings. The van der Waals surface area contributed by atoms with E-state index in [1.807, 2.05) is 18.2 Å². The molecule has 0 spiro atoms. The zero-order valence-corrected chi connectivity index (χ0v) is 15.7. The minimum Gasteiger partial charge on any atom is -0.497 e. The molecule has 0 aliphatic heterocycles. The summed E-state index contributed by atoms with van der Waals surface area (Å²) in [5.41, 5.74) is 1.02. The Balaban J connectivity index is 2.57. The van der Waals surface area contributed by atoms with Gasteiger partial charge in [-0.15, -0.1) is 0 Å². The van der Waals surface area contributed by atoms with E-state index in [1.54, 1.807) is 32.4 Å². The lowest BCUT2D eigenvalue weighted by molar-refractivity contribution is 0.193. The highest BCUT2D eigenvalue weighted by Crippen LogP contribution is 2.13. The van der Waals surface area contributed by atoms with Crippen LogP contribution in [0.4, 0.5) is 4.79 Å². The lowest BCUT2D eigenvalue weighted by Crippen LogP contribution is -2.36. The van der Waals surface area contributed by atoms with Crippen LogP contribution in [0.25, 0.3) is 0 Å². The number of hydrogen-bond donors (Lipinski definition) is 4. The SMILES string of the molecule is C=CNC(/C=C\C(=N)c1cccc(OC)c1)=N\CNC(=O)NCCCOC. The number of carbonyl (C=O) groups excluding carboxylic acids is 1. The summed E-state index contributed by atoms with van der Waals surface area (Å²) in [7, 11) is 3.20. The summed E-state index contributed by atoms with van der Waals surface area (Å²) in [4.78, 5) is 15.8. The van der Waals surface area contributed by atoms with Crippen molar-refractivity contribution in [2.45, 2.75) is 6.42 Å². The zero-order chi connectivity index (χ0) is 19.9. The number of aliphatic imine (C=N–C) groups is 1. The van der Waals surface area contributed by atoms with Gasteiger partial charge in [0.1, 0.15) is 18.3 Å². The summed E-state index contributed by atoms with van der Waals surface area (Å²) in [6.45, 7) is 4.81. The maximum Gasteiger partial charge on any atom is 0.316 e. The third-order valence-corrected chi connectivity index (χ3v) is 3.34. The minimum atomic E-state index is -0.305. The molecule has 0 saturated carbocycles. The third-order valence-electron chi connectivity index (χ3n) is 3.34. The zero-order valence-electron chi connectivity index (χ0n) is 15.7. The smallest absolute Gasteiger partial charge is 0.316 e. The Morgan fingerprint density at radius 1 is 1.30 bits per heavy atom. The topological polar surface area (TPSA) is 108 Å². The lowest BCUT2D eigenvalue weighted by atomic mass is 10.1. The van der Waals surface area contributed by atoms with Gasteiger partial charge in [0, 0.05) is 25.8 Å². The quantitative estimate of drug-likeness (QED) is 0.270. The molecule has 0 saturated heterocycles. The number of amidine groups is 1. The van der Waals surface area contributed by atoms with Crippen molar-refractivity contribution in [3.8, 4) is 5.75 Å². The maximum atomic E-state index is 11.6. The number of hydrogen-bond acceptors (Lipinski definition) is 5. The van der Waals surface area contributed by atoms with Crippen molar-refractivity contribution < 1.29 is 14.3 Å². The Kier molecular flexibility index (Phi) is 10.7. The number of allylic oxidation sites excluding steroid dienone is 1. The average Bonchev–Trinajstić information content (AvgIpc) is 2.69. The molecule has 0 fully saturated rings. The molecule has 8 heteroatoms. The molecule has 2 amide bonds. The summed E-state index contributed by atoms with van der Waals surface area (Å²) in [6, 6.07) is 6.94. The van der Waals surface area contributed by atoms with Crippen molar-refractivity contribution in [3.63, 3.8) is 0 Å². The van der Waals surface area contributed by atoms with Crippen molar-refractivity contribution in [1.29, 1.82) is 5.41 Å². The molecule has 0 aliphatic carbocycles. The van der Waals surface area contributed by atoms with Crippen LogP contribution in [0.15, 0.2) is 54.2 Å². The van der Waals surface area contributed by atoms with E-state index in [2.05, 4.69) is 27.5 Å². The highest BCUT2D eigenvalue weighted by atomic mass is 16.5. The van der Waals surface area contributed by atoms with Crippen LogP contribution in [-0.4, -0.2) is 51.6 Å². The summed E-state index contributed by atoms with van der Waals surface area (Å²) in [5.74, 6) is 1.15. The Labute approximate surface area is 159 Å². The van der Waals surface area contributed by atoms with Crippen molar-refractivity contribution in [2.75, 3.05) is 34.0 Å². The number of nitrogens with zero attached hydrogens (tertiary/aromatic N) is 1. The molecule has 1 rings (SSSR count). The van der Waals surface area contributed by atoms with Crippen LogP contribution in [0.2, 0.25) is 0 Å². The standard InChI is InChI=1S/C19H27N5O3/c1-4-21-18(23-14-24-19(25)22-11-6-12-26-2)10-9-17(20)15-7-5-8-16(13-15)27-3/h4-5,7-10,13,20H,1,6,11-12,14H2,2-3H3,(H,21,23)(H2,22,24,25)/b10-9-,20-17?. The molecule has 4 N–H and O–H groups in total. The third kappa shape index (κ3) is 9.22. The molecular weight excluding hydrogens is 346 g/mol. The van der Waals surface area contributed by atoms with Crippen molar-refractivity contribution in [3.05, 3.63) is 54.8 Å². The van der Waals surface area contributed by atoms with Crippen LogP contribution >= 0.6 is 0 Å². The molecule has 8 nitrogen and oxygen atoms in total. The van der Waals surface area contributed by atoms with Gasteiger partial charge in [-0.05, 0) is 36.9 Å². The second-order valence-corrected chi connectivity index (χ2v) is 5.31. The fourth-order valence-electron chi connectivity index (χ4n) is 1.98. The molecular formula is C19H27N5O3. The molecule has 0 heterocycles. The van der Waals surface area contributed by atoms with E-state index in [0.29, 0.717) is 30.4 Å². The highest BCUT2D eigenvalue weighted by Gasteiger charge is 2.01. The average molecular weight is 373 g/mol. The van der Waals surface area contributed by atoms with Gasteiger partial charge in [-0.3, -0.25) is 0 Å². The molecule has 0 atom stereocenters. The van der Waals surface area contributed by atoms with Crippen molar-refractivity contribution >= 4 is 17.6 Å². The van der Waals surface area contributed by atoms with E-state index in [0.717, 1.165) is 12.0 Å². The van der Waals surface area contributed by atoms with Gasteiger partial charge >= 0.3 is 6.03 Å². The predicted octanol–water partition coefficient (Wildman–Crippen LogP) is 2.04. The lowest BCUT2D eigenvalue weighted by Gasteiger charge is -2.06. The van der Waals surface area contributed by atoms with Gasteiger partial charge < -0.3 is 30.8 Å².